The normalized spacial score (nSPS) is 18.0. The number of nitrogens with zero attached hydrogens (tertiary/aromatic N) is 1. The molecule has 1 aromatic carbocycles. The number of rotatable bonds is 4. The summed E-state index contributed by atoms with van der Waals surface area (Å²) < 4.78 is 0. The average Bonchev–Trinajstić information content (AvgIpc) is 2.48. The number of piperidine rings is 1. The van der Waals surface area contributed by atoms with E-state index in [4.69, 9.17) is 0 Å². The minimum absolute atomic E-state index is 0.0878. The molecule has 21 heavy (non-hydrogen) atoms. The first-order chi connectivity index (χ1) is 10.0. The SMILES string of the molecule is CNC(C(=O)N1CCC(c2ccc(O)cc2)CC1)C(C)C. The molecule has 0 aromatic heterocycles. The van der Waals surface area contributed by atoms with Gasteiger partial charge in [-0.15, -0.1) is 0 Å². The van der Waals surface area contributed by atoms with Gasteiger partial charge >= 0.3 is 0 Å². The van der Waals surface area contributed by atoms with Crippen molar-refractivity contribution in [2.24, 2.45) is 5.92 Å². The largest absolute Gasteiger partial charge is 0.508 e. The molecule has 1 heterocycles. The highest BCUT2D eigenvalue weighted by molar-refractivity contribution is 5.82. The highest BCUT2D eigenvalue weighted by Gasteiger charge is 2.29. The molecule has 1 aromatic rings. The van der Waals surface area contributed by atoms with Gasteiger partial charge in [0, 0.05) is 13.1 Å². The molecule has 0 aliphatic carbocycles. The third kappa shape index (κ3) is 3.76. The van der Waals surface area contributed by atoms with Gasteiger partial charge in [-0.2, -0.15) is 0 Å². The van der Waals surface area contributed by atoms with E-state index in [1.807, 2.05) is 24.1 Å². The van der Waals surface area contributed by atoms with Gasteiger partial charge in [0.15, 0.2) is 0 Å². The van der Waals surface area contributed by atoms with Gasteiger partial charge in [0.2, 0.25) is 5.91 Å². The van der Waals surface area contributed by atoms with Crippen LogP contribution in [-0.2, 0) is 4.79 Å². The van der Waals surface area contributed by atoms with E-state index < -0.39 is 0 Å². The molecule has 1 atom stereocenters. The molecule has 116 valence electrons. The number of likely N-dealkylation sites (N-methyl/N-ethyl adjacent to an activating group) is 1. The third-order valence-corrected chi connectivity index (χ3v) is 4.41. The molecule has 1 unspecified atom stereocenters. The van der Waals surface area contributed by atoms with E-state index in [0.29, 0.717) is 17.6 Å². The van der Waals surface area contributed by atoms with Crippen LogP contribution in [0.1, 0.15) is 38.2 Å². The van der Waals surface area contributed by atoms with E-state index >= 15 is 0 Å². The highest BCUT2D eigenvalue weighted by atomic mass is 16.3. The third-order valence-electron chi connectivity index (χ3n) is 4.41. The van der Waals surface area contributed by atoms with Gasteiger partial charge in [0.25, 0.3) is 0 Å². The van der Waals surface area contributed by atoms with Gasteiger partial charge in [0.05, 0.1) is 6.04 Å². The van der Waals surface area contributed by atoms with E-state index in [0.717, 1.165) is 25.9 Å². The molecule has 0 bridgehead atoms. The van der Waals surface area contributed by atoms with Crippen LogP contribution in [0.15, 0.2) is 24.3 Å². The molecular weight excluding hydrogens is 264 g/mol. The summed E-state index contributed by atoms with van der Waals surface area (Å²) in [6.45, 7) is 5.77. The van der Waals surface area contributed by atoms with Crippen molar-refractivity contribution in [1.29, 1.82) is 0 Å². The fourth-order valence-corrected chi connectivity index (χ4v) is 3.12. The van der Waals surface area contributed by atoms with Crippen molar-refractivity contribution < 1.29 is 9.90 Å². The van der Waals surface area contributed by atoms with E-state index in [-0.39, 0.29) is 11.9 Å². The summed E-state index contributed by atoms with van der Waals surface area (Å²) in [5, 5.41) is 12.5. The van der Waals surface area contributed by atoms with Crippen molar-refractivity contribution in [2.45, 2.75) is 38.6 Å². The first kappa shape index (κ1) is 15.8. The van der Waals surface area contributed by atoms with Crippen LogP contribution in [0, 0.1) is 5.92 Å². The summed E-state index contributed by atoms with van der Waals surface area (Å²) >= 11 is 0. The Morgan fingerprint density at radius 1 is 1.24 bits per heavy atom. The Morgan fingerprint density at radius 2 is 1.81 bits per heavy atom. The monoisotopic (exact) mass is 290 g/mol. The minimum Gasteiger partial charge on any atom is -0.508 e. The number of nitrogens with one attached hydrogen (secondary N) is 1. The highest BCUT2D eigenvalue weighted by Crippen LogP contribution is 2.29. The molecule has 2 N–H and O–H groups in total. The van der Waals surface area contributed by atoms with Crippen LogP contribution in [0.3, 0.4) is 0 Å². The second-order valence-electron chi connectivity index (χ2n) is 6.20. The molecule has 1 amide bonds. The Morgan fingerprint density at radius 3 is 2.29 bits per heavy atom. The zero-order valence-corrected chi connectivity index (χ0v) is 13.2. The quantitative estimate of drug-likeness (QED) is 0.895. The first-order valence-electron chi connectivity index (χ1n) is 7.78. The topological polar surface area (TPSA) is 52.6 Å². The molecule has 1 saturated heterocycles. The number of amides is 1. The van der Waals surface area contributed by atoms with Crippen LogP contribution in [0.4, 0.5) is 0 Å². The van der Waals surface area contributed by atoms with Crippen molar-refractivity contribution in [2.75, 3.05) is 20.1 Å². The molecular formula is C17H26N2O2. The number of hydrogen-bond acceptors (Lipinski definition) is 3. The summed E-state index contributed by atoms with van der Waals surface area (Å²) in [4.78, 5) is 14.5. The van der Waals surface area contributed by atoms with Gasteiger partial charge in [0.1, 0.15) is 5.75 Å². The fraction of sp³-hybridized carbons (Fsp3) is 0.588. The summed E-state index contributed by atoms with van der Waals surface area (Å²) in [7, 11) is 1.85. The molecule has 0 radical (unpaired) electrons. The molecule has 4 heteroatoms. The fourth-order valence-electron chi connectivity index (χ4n) is 3.12. The zero-order chi connectivity index (χ0) is 15.4. The number of aromatic hydroxyl groups is 1. The summed E-state index contributed by atoms with van der Waals surface area (Å²) in [6, 6.07) is 7.37. The van der Waals surface area contributed by atoms with E-state index in [1.165, 1.54) is 5.56 Å². The first-order valence-corrected chi connectivity index (χ1v) is 7.78. The lowest BCUT2D eigenvalue weighted by Gasteiger charge is -2.35. The summed E-state index contributed by atoms with van der Waals surface area (Å²) in [5.41, 5.74) is 1.26. The van der Waals surface area contributed by atoms with Crippen molar-refractivity contribution in [3.8, 4) is 5.75 Å². The van der Waals surface area contributed by atoms with E-state index in [1.54, 1.807) is 12.1 Å². The van der Waals surface area contributed by atoms with Crippen molar-refractivity contribution in [3.63, 3.8) is 0 Å². The number of benzene rings is 1. The number of carbonyl (C=O) groups excluding carboxylic acids is 1. The maximum Gasteiger partial charge on any atom is 0.239 e. The Hall–Kier alpha value is -1.55. The second kappa shape index (κ2) is 6.94. The standard InChI is InChI=1S/C17H26N2O2/c1-12(2)16(18-3)17(21)19-10-8-14(9-11-19)13-4-6-15(20)7-5-13/h4-7,12,14,16,18,20H,8-11H2,1-3H3. The Labute approximate surface area is 127 Å². The Balaban J connectivity index is 1.93. The van der Waals surface area contributed by atoms with Crippen LogP contribution < -0.4 is 5.32 Å². The van der Waals surface area contributed by atoms with Gasteiger partial charge in [-0.3, -0.25) is 4.79 Å². The minimum atomic E-state index is -0.0878. The Kier molecular flexibility index (Phi) is 5.23. The number of carbonyl (C=O) groups is 1. The maximum absolute atomic E-state index is 12.5. The maximum atomic E-state index is 12.5. The molecule has 1 aliphatic heterocycles. The summed E-state index contributed by atoms with van der Waals surface area (Å²) in [6.07, 6.45) is 1.98. The van der Waals surface area contributed by atoms with Crippen LogP contribution in [0.2, 0.25) is 0 Å². The molecule has 4 nitrogen and oxygen atoms in total. The molecule has 1 aliphatic rings. The number of hydrogen-bond donors (Lipinski definition) is 2. The van der Waals surface area contributed by atoms with Crippen LogP contribution in [0.5, 0.6) is 5.75 Å². The van der Waals surface area contributed by atoms with Crippen LogP contribution in [0.25, 0.3) is 0 Å². The van der Waals surface area contributed by atoms with Crippen molar-refractivity contribution in [1.82, 2.24) is 10.2 Å². The van der Waals surface area contributed by atoms with E-state index in [9.17, 15) is 9.90 Å². The van der Waals surface area contributed by atoms with Gasteiger partial charge < -0.3 is 15.3 Å². The van der Waals surface area contributed by atoms with Gasteiger partial charge in [-0.1, -0.05) is 26.0 Å². The van der Waals surface area contributed by atoms with Crippen LogP contribution in [-0.4, -0.2) is 42.1 Å². The number of phenols is 1. The van der Waals surface area contributed by atoms with E-state index in [2.05, 4.69) is 19.2 Å². The van der Waals surface area contributed by atoms with Gasteiger partial charge in [-0.25, -0.2) is 0 Å². The van der Waals surface area contributed by atoms with Crippen LogP contribution >= 0.6 is 0 Å². The molecule has 0 saturated carbocycles. The smallest absolute Gasteiger partial charge is 0.239 e. The molecule has 1 fully saturated rings. The molecule has 2 rings (SSSR count). The predicted octanol–water partition coefficient (Wildman–Crippen LogP) is 2.34. The number of likely N-dealkylation sites (tertiary alicyclic amines) is 1. The summed E-state index contributed by atoms with van der Waals surface area (Å²) in [5.74, 6) is 1.32. The lowest BCUT2D eigenvalue weighted by atomic mass is 9.89. The zero-order valence-electron chi connectivity index (χ0n) is 13.2. The lowest BCUT2D eigenvalue weighted by Crippen LogP contribution is -2.50. The lowest BCUT2D eigenvalue weighted by molar-refractivity contribution is -0.135. The second-order valence-corrected chi connectivity index (χ2v) is 6.20. The Bertz CT molecular complexity index is 462. The van der Waals surface area contributed by atoms with Gasteiger partial charge in [-0.05, 0) is 49.4 Å². The number of phenolic OH excluding ortho intramolecular Hbond substituents is 1. The van der Waals surface area contributed by atoms with Crippen molar-refractivity contribution >= 4 is 5.91 Å². The molecule has 0 spiro atoms. The van der Waals surface area contributed by atoms with Crippen molar-refractivity contribution in [3.05, 3.63) is 29.8 Å². The average molecular weight is 290 g/mol. The predicted molar refractivity (Wildman–Crippen MR) is 84.3 cm³/mol.